The Morgan fingerprint density at radius 3 is 2.41 bits per heavy atom. The molecule has 0 atom stereocenters. The molecule has 2 N–H and O–H groups in total. The number of hydrogen-bond donors (Lipinski definition) is 1. The lowest BCUT2D eigenvalue weighted by Crippen LogP contribution is -2.32. The van der Waals surface area contributed by atoms with Gasteiger partial charge in [0, 0.05) is 30.0 Å². The van der Waals surface area contributed by atoms with Gasteiger partial charge in [-0.1, -0.05) is 61.7 Å². The molecule has 5 aromatic rings. The van der Waals surface area contributed by atoms with E-state index in [2.05, 4.69) is 57.9 Å². The summed E-state index contributed by atoms with van der Waals surface area (Å²) in [6.07, 6.45) is 8.39. The first-order valence-electron chi connectivity index (χ1n) is 13.1. The first-order chi connectivity index (χ1) is 18.2. The van der Waals surface area contributed by atoms with Gasteiger partial charge in [0.15, 0.2) is 11.5 Å². The summed E-state index contributed by atoms with van der Waals surface area (Å²) in [4.78, 5) is 16.8. The second-order valence-electron chi connectivity index (χ2n) is 9.99. The maximum atomic E-state index is 6.30. The highest BCUT2D eigenvalue weighted by molar-refractivity contribution is 5.84. The molecule has 6 heteroatoms. The second kappa shape index (κ2) is 10.1. The van der Waals surface area contributed by atoms with Gasteiger partial charge < -0.3 is 5.73 Å². The minimum atomic E-state index is 0.452. The number of benzene rings is 2. The van der Waals surface area contributed by atoms with Crippen molar-refractivity contribution < 1.29 is 0 Å². The molecular weight excluding hydrogens is 456 g/mol. The predicted octanol–water partition coefficient (Wildman–Crippen LogP) is 6.50. The van der Waals surface area contributed by atoms with Gasteiger partial charge in [-0.25, -0.2) is 15.0 Å². The minimum Gasteiger partial charge on any atom is -0.383 e. The first kappa shape index (κ1) is 23.4. The minimum absolute atomic E-state index is 0.452. The number of fused-ring (bicyclic) bond motifs is 1. The summed E-state index contributed by atoms with van der Waals surface area (Å²) in [5.74, 6) is 1.19. The third-order valence-corrected chi connectivity index (χ3v) is 7.48. The normalized spacial score (nSPS) is 14.4. The summed E-state index contributed by atoms with van der Waals surface area (Å²) in [6.45, 7) is 0.953. The monoisotopic (exact) mass is 488 g/mol. The molecular formula is C31H32N6. The fraction of sp³-hybridized carbons (Fsp3) is 0.258. The van der Waals surface area contributed by atoms with Crippen LogP contribution in [0.2, 0.25) is 0 Å². The van der Waals surface area contributed by atoms with Crippen LogP contribution in [0, 0.1) is 0 Å². The number of pyridine rings is 2. The fourth-order valence-electron chi connectivity index (χ4n) is 5.45. The molecule has 0 aliphatic heterocycles. The maximum absolute atomic E-state index is 6.30. The van der Waals surface area contributed by atoms with Crippen LogP contribution in [0.15, 0.2) is 85.1 Å². The molecule has 0 saturated heterocycles. The number of nitrogens with zero attached hydrogens (tertiary/aromatic N) is 5. The van der Waals surface area contributed by atoms with E-state index in [9.17, 15) is 0 Å². The van der Waals surface area contributed by atoms with Crippen LogP contribution in [0.25, 0.3) is 39.5 Å². The van der Waals surface area contributed by atoms with E-state index in [4.69, 9.17) is 15.7 Å². The molecule has 3 aromatic heterocycles. The summed E-state index contributed by atoms with van der Waals surface area (Å²) < 4.78 is 2.10. The lowest BCUT2D eigenvalue weighted by Gasteiger charge is -2.31. The predicted molar refractivity (Wildman–Crippen MR) is 150 cm³/mol. The molecule has 0 unspecified atom stereocenters. The van der Waals surface area contributed by atoms with Crippen molar-refractivity contribution in [3.63, 3.8) is 0 Å². The largest absolute Gasteiger partial charge is 0.383 e. The van der Waals surface area contributed by atoms with E-state index in [-0.39, 0.29) is 0 Å². The third kappa shape index (κ3) is 4.72. The van der Waals surface area contributed by atoms with Gasteiger partial charge in [0.1, 0.15) is 11.3 Å². The van der Waals surface area contributed by atoms with Gasteiger partial charge in [0.05, 0.1) is 11.3 Å². The highest BCUT2D eigenvalue weighted by Crippen LogP contribution is 2.32. The molecule has 0 bridgehead atoms. The van der Waals surface area contributed by atoms with Gasteiger partial charge in [-0.2, -0.15) is 0 Å². The van der Waals surface area contributed by atoms with Crippen LogP contribution >= 0.6 is 0 Å². The Bertz CT molecular complexity index is 1500. The zero-order valence-corrected chi connectivity index (χ0v) is 21.2. The number of hydrogen-bond acceptors (Lipinski definition) is 5. The van der Waals surface area contributed by atoms with Gasteiger partial charge in [-0.05, 0) is 61.9 Å². The quantitative estimate of drug-likeness (QED) is 0.295. The number of rotatable bonds is 6. The van der Waals surface area contributed by atoms with Crippen molar-refractivity contribution in [1.82, 2.24) is 24.4 Å². The number of imidazole rings is 1. The van der Waals surface area contributed by atoms with Crippen molar-refractivity contribution in [2.75, 3.05) is 12.8 Å². The Labute approximate surface area is 217 Å². The van der Waals surface area contributed by atoms with E-state index in [1.165, 1.54) is 37.7 Å². The average Bonchev–Trinajstić information content (AvgIpc) is 3.33. The van der Waals surface area contributed by atoms with Crippen molar-refractivity contribution in [3.05, 3.63) is 90.6 Å². The zero-order chi connectivity index (χ0) is 25.2. The standard InChI is InChI=1S/C31H32N6/c1-36(24-11-6-3-7-12-24)21-22-14-16-25(17-15-22)37-30(26-13-8-20-33-29(26)32)35-28-19-18-27(34-31(28)37)23-9-4-2-5-10-23/h2,4-5,8-10,13-20,24H,3,6-7,11-12,21H2,1H3,(H2,32,33). The molecule has 6 rings (SSSR count). The number of aromatic nitrogens is 4. The molecule has 6 nitrogen and oxygen atoms in total. The number of anilines is 1. The van der Waals surface area contributed by atoms with Crippen LogP contribution in [-0.4, -0.2) is 37.5 Å². The third-order valence-electron chi connectivity index (χ3n) is 7.48. The van der Waals surface area contributed by atoms with E-state index in [1.807, 2.05) is 42.5 Å². The molecule has 3 heterocycles. The molecule has 0 spiro atoms. The molecule has 186 valence electrons. The Morgan fingerprint density at radius 2 is 1.65 bits per heavy atom. The van der Waals surface area contributed by atoms with Crippen molar-refractivity contribution in [2.24, 2.45) is 0 Å². The summed E-state index contributed by atoms with van der Waals surface area (Å²) >= 11 is 0. The van der Waals surface area contributed by atoms with Crippen LogP contribution in [0.5, 0.6) is 0 Å². The van der Waals surface area contributed by atoms with Crippen molar-refractivity contribution in [2.45, 2.75) is 44.7 Å². The van der Waals surface area contributed by atoms with Crippen molar-refractivity contribution in [1.29, 1.82) is 0 Å². The van der Waals surface area contributed by atoms with Crippen LogP contribution in [0.3, 0.4) is 0 Å². The summed E-state index contributed by atoms with van der Waals surface area (Å²) in [5.41, 5.74) is 13.0. The van der Waals surface area contributed by atoms with Gasteiger partial charge >= 0.3 is 0 Å². The Morgan fingerprint density at radius 1 is 0.865 bits per heavy atom. The molecule has 1 aliphatic rings. The molecule has 1 aliphatic carbocycles. The topological polar surface area (TPSA) is 72.9 Å². The zero-order valence-electron chi connectivity index (χ0n) is 21.2. The highest BCUT2D eigenvalue weighted by Gasteiger charge is 2.20. The fourth-order valence-corrected chi connectivity index (χ4v) is 5.45. The smallest absolute Gasteiger partial charge is 0.165 e. The summed E-state index contributed by atoms with van der Waals surface area (Å²) in [5, 5.41) is 0. The van der Waals surface area contributed by atoms with Gasteiger partial charge in [0.2, 0.25) is 0 Å². The SMILES string of the molecule is CN(Cc1ccc(-n2c(-c3cccnc3N)nc3ccc(-c4ccccc4)nc32)cc1)C1CCCCC1. The van der Waals surface area contributed by atoms with E-state index in [0.29, 0.717) is 11.9 Å². The molecule has 37 heavy (non-hydrogen) atoms. The lowest BCUT2D eigenvalue weighted by atomic mass is 9.94. The van der Waals surface area contributed by atoms with Crippen molar-refractivity contribution in [3.8, 4) is 28.3 Å². The van der Waals surface area contributed by atoms with E-state index < -0.39 is 0 Å². The average molecular weight is 489 g/mol. The van der Waals surface area contributed by atoms with Gasteiger partial charge in [0.25, 0.3) is 0 Å². The van der Waals surface area contributed by atoms with Crippen molar-refractivity contribution >= 4 is 17.0 Å². The summed E-state index contributed by atoms with van der Waals surface area (Å²) in [6, 6.07) is 27.6. The first-order valence-corrected chi connectivity index (χ1v) is 13.1. The molecule has 2 aromatic carbocycles. The van der Waals surface area contributed by atoms with E-state index >= 15 is 0 Å². The van der Waals surface area contributed by atoms with Gasteiger partial charge in [-0.15, -0.1) is 0 Å². The summed E-state index contributed by atoms with van der Waals surface area (Å²) in [7, 11) is 2.26. The van der Waals surface area contributed by atoms with Crippen LogP contribution in [0.4, 0.5) is 5.82 Å². The van der Waals surface area contributed by atoms with Gasteiger partial charge in [-0.3, -0.25) is 9.47 Å². The molecule has 0 amide bonds. The highest BCUT2D eigenvalue weighted by atomic mass is 15.1. The number of nitrogens with two attached hydrogens (primary N) is 1. The number of nitrogen functional groups attached to an aromatic ring is 1. The van der Waals surface area contributed by atoms with Crippen LogP contribution in [-0.2, 0) is 6.54 Å². The van der Waals surface area contributed by atoms with Crippen LogP contribution < -0.4 is 5.73 Å². The lowest BCUT2D eigenvalue weighted by molar-refractivity contribution is 0.184. The van der Waals surface area contributed by atoms with E-state index in [1.54, 1.807) is 6.20 Å². The molecule has 1 fully saturated rings. The Balaban J connectivity index is 1.42. The maximum Gasteiger partial charge on any atom is 0.165 e. The second-order valence-corrected chi connectivity index (χ2v) is 9.99. The Hall–Kier alpha value is -4.03. The van der Waals surface area contributed by atoms with Crippen LogP contribution in [0.1, 0.15) is 37.7 Å². The Kier molecular flexibility index (Phi) is 6.41. The van der Waals surface area contributed by atoms with E-state index in [0.717, 1.165) is 46.0 Å². The molecule has 0 radical (unpaired) electrons. The molecule has 1 saturated carbocycles.